The van der Waals surface area contributed by atoms with Crippen LogP contribution in [-0.2, 0) is 9.53 Å². The number of esters is 1. The second-order valence-corrected chi connectivity index (χ2v) is 7.87. The van der Waals surface area contributed by atoms with E-state index in [9.17, 15) is 19.6 Å². The van der Waals surface area contributed by atoms with Gasteiger partial charge < -0.3 is 14.5 Å². The number of ether oxygens (including phenoxy) is 1. The van der Waals surface area contributed by atoms with Crippen LogP contribution in [0.1, 0.15) is 36.9 Å². The Morgan fingerprint density at radius 3 is 2.73 bits per heavy atom. The molecule has 30 heavy (non-hydrogen) atoms. The number of anilines is 1. The van der Waals surface area contributed by atoms with E-state index in [1.54, 1.807) is 19.1 Å². The maximum atomic E-state index is 12.4. The molecule has 3 rings (SSSR count). The molecule has 1 aromatic carbocycles. The Balaban J connectivity index is 1.69. The quantitative estimate of drug-likeness (QED) is 0.435. The summed E-state index contributed by atoms with van der Waals surface area (Å²) in [5, 5.41) is 12.4. The van der Waals surface area contributed by atoms with Gasteiger partial charge in [0.05, 0.1) is 16.1 Å². The third-order valence-electron chi connectivity index (χ3n) is 4.30. The van der Waals surface area contributed by atoms with Gasteiger partial charge in [0.25, 0.3) is 5.91 Å². The number of nitriles is 1. The smallest absolute Gasteiger partial charge is 0.340 e. The normalized spacial score (nSPS) is 10.3. The van der Waals surface area contributed by atoms with Gasteiger partial charge in [0.2, 0.25) is 0 Å². The lowest BCUT2D eigenvalue weighted by molar-refractivity contribution is -0.119. The number of hydrogen-bond acceptors (Lipinski definition) is 7. The zero-order chi connectivity index (χ0) is 21.8. The molecule has 2 aromatic heterocycles. The SMILES string of the molecule is Cc1sc(NC(=O)COC(=O)c2cc(-c3ccc(C=O)o3)ccc2Cl)c(C#N)c1C. The molecule has 2 heterocycles. The predicted octanol–water partition coefficient (Wildman–Crippen LogP) is 4.76. The third-order valence-corrected chi connectivity index (χ3v) is 5.75. The first-order valence-electron chi connectivity index (χ1n) is 8.66. The Hall–Kier alpha value is -3.41. The third kappa shape index (κ3) is 4.43. The molecule has 0 unspecified atom stereocenters. The molecular weight excluding hydrogens is 428 g/mol. The average Bonchev–Trinajstić information content (AvgIpc) is 3.31. The van der Waals surface area contributed by atoms with E-state index in [2.05, 4.69) is 11.4 Å². The molecule has 0 aliphatic rings. The van der Waals surface area contributed by atoms with Crippen LogP contribution in [0, 0.1) is 25.2 Å². The Bertz CT molecular complexity index is 1190. The highest BCUT2D eigenvalue weighted by molar-refractivity contribution is 7.16. The summed E-state index contributed by atoms with van der Waals surface area (Å²) in [6, 6.07) is 9.73. The maximum absolute atomic E-state index is 12.4. The van der Waals surface area contributed by atoms with Gasteiger partial charge in [-0.1, -0.05) is 11.6 Å². The summed E-state index contributed by atoms with van der Waals surface area (Å²) in [5.41, 5.74) is 1.76. The predicted molar refractivity (Wildman–Crippen MR) is 112 cm³/mol. The molecule has 0 atom stereocenters. The van der Waals surface area contributed by atoms with E-state index in [4.69, 9.17) is 20.8 Å². The lowest BCUT2D eigenvalue weighted by atomic mass is 10.1. The van der Waals surface area contributed by atoms with Crippen molar-refractivity contribution < 1.29 is 23.5 Å². The number of amides is 1. The molecule has 0 bridgehead atoms. The van der Waals surface area contributed by atoms with E-state index in [-0.39, 0.29) is 16.3 Å². The highest BCUT2D eigenvalue weighted by Crippen LogP contribution is 2.31. The van der Waals surface area contributed by atoms with E-state index in [1.807, 2.05) is 6.92 Å². The van der Waals surface area contributed by atoms with Crippen molar-refractivity contribution in [3.8, 4) is 17.4 Å². The van der Waals surface area contributed by atoms with Crippen LogP contribution in [-0.4, -0.2) is 24.8 Å². The number of benzene rings is 1. The summed E-state index contributed by atoms with van der Waals surface area (Å²) in [6.07, 6.45) is 0.571. The van der Waals surface area contributed by atoms with Gasteiger partial charge >= 0.3 is 5.97 Å². The van der Waals surface area contributed by atoms with E-state index in [0.29, 0.717) is 28.2 Å². The molecule has 0 aliphatic heterocycles. The monoisotopic (exact) mass is 442 g/mol. The van der Waals surface area contributed by atoms with E-state index >= 15 is 0 Å². The molecule has 0 saturated heterocycles. The molecular formula is C21H15ClN2O5S. The van der Waals surface area contributed by atoms with Crippen molar-refractivity contribution in [2.75, 3.05) is 11.9 Å². The topological polar surface area (TPSA) is 109 Å². The Morgan fingerprint density at radius 2 is 2.07 bits per heavy atom. The van der Waals surface area contributed by atoms with Crippen molar-refractivity contribution in [3.63, 3.8) is 0 Å². The van der Waals surface area contributed by atoms with E-state index in [0.717, 1.165) is 10.4 Å². The number of aryl methyl sites for hydroxylation is 1. The Labute approximate surface area is 180 Å². The fraction of sp³-hybridized carbons (Fsp3) is 0.143. The van der Waals surface area contributed by atoms with Crippen LogP contribution in [0.15, 0.2) is 34.7 Å². The summed E-state index contributed by atoms with van der Waals surface area (Å²) < 4.78 is 10.4. The van der Waals surface area contributed by atoms with Crippen LogP contribution in [0.25, 0.3) is 11.3 Å². The number of aldehydes is 1. The van der Waals surface area contributed by atoms with Crippen molar-refractivity contribution in [2.24, 2.45) is 0 Å². The van der Waals surface area contributed by atoms with Crippen LogP contribution in [0.5, 0.6) is 0 Å². The number of thiophene rings is 1. The van der Waals surface area contributed by atoms with Gasteiger partial charge in [-0.3, -0.25) is 9.59 Å². The molecule has 152 valence electrons. The minimum atomic E-state index is -0.793. The van der Waals surface area contributed by atoms with Crippen molar-refractivity contribution in [2.45, 2.75) is 13.8 Å². The standard InChI is InChI=1S/C21H15ClN2O5S/c1-11-12(2)30-20(16(11)8-23)24-19(26)10-28-21(27)15-7-13(3-5-17(15)22)18-6-4-14(9-25)29-18/h3-7,9H,10H2,1-2H3,(H,24,26). The van der Waals surface area contributed by atoms with Gasteiger partial charge in [-0.15, -0.1) is 11.3 Å². The average molecular weight is 443 g/mol. The number of carbonyl (C=O) groups is 3. The highest BCUT2D eigenvalue weighted by Gasteiger charge is 2.18. The molecule has 7 nitrogen and oxygen atoms in total. The molecule has 0 radical (unpaired) electrons. The largest absolute Gasteiger partial charge is 0.453 e. The van der Waals surface area contributed by atoms with Crippen LogP contribution in [0.4, 0.5) is 5.00 Å². The molecule has 0 aliphatic carbocycles. The zero-order valence-corrected chi connectivity index (χ0v) is 17.5. The van der Waals surface area contributed by atoms with Crippen LogP contribution < -0.4 is 5.32 Å². The molecule has 3 aromatic rings. The lowest BCUT2D eigenvalue weighted by Gasteiger charge is -2.08. The number of rotatable bonds is 6. The number of hydrogen-bond donors (Lipinski definition) is 1. The van der Waals surface area contributed by atoms with Crippen LogP contribution >= 0.6 is 22.9 Å². The van der Waals surface area contributed by atoms with E-state index < -0.39 is 18.5 Å². The summed E-state index contributed by atoms with van der Waals surface area (Å²) in [6.45, 7) is 3.10. The molecule has 0 fully saturated rings. The molecule has 0 saturated carbocycles. The summed E-state index contributed by atoms with van der Waals surface area (Å²) in [7, 11) is 0. The molecule has 9 heteroatoms. The van der Waals surface area contributed by atoms with Gasteiger partial charge in [-0.05, 0) is 49.7 Å². The minimum absolute atomic E-state index is 0.0477. The first-order valence-corrected chi connectivity index (χ1v) is 9.85. The first kappa shape index (κ1) is 21.3. The number of nitrogens with zero attached hydrogens (tertiary/aromatic N) is 1. The minimum Gasteiger partial charge on any atom is -0.453 e. The second kappa shape index (κ2) is 8.95. The van der Waals surface area contributed by atoms with Crippen LogP contribution in [0.2, 0.25) is 5.02 Å². The Morgan fingerprint density at radius 1 is 1.30 bits per heavy atom. The second-order valence-electron chi connectivity index (χ2n) is 6.24. The Kier molecular flexibility index (Phi) is 6.35. The fourth-order valence-electron chi connectivity index (χ4n) is 2.63. The highest BCUT2D eigenvalue weighted by atomic mass is 35.5. The lowest BCUT2D eigenvalue weighted by Crippen LogP contribution is -2.21. The first-order chi connectivity index (χ1) is 14.3. The van der Waals surface area contributed by atoms with Crippen molar-refractivity contribution in [1.29, 1.82) is 5.26 Å². The number of furan rings is 1. The van der Waals surface area contributed by atoms with Crippen molar-refractivity contribution >= 4 is 46.1 Å². The summed E-state index contributed by atoms with van der Waals surface area (Å²) >= 11 is 7.37. The van der Waals surface area contributed by atoms with Gasteiger partial charge in [0.1, 0.15) is 16.8 Å². The number of halogens is 1. The van der Waals surface area contributed by atoms with Gasteiger partial charge in [-0.2, -0.15) is 5.26 Å². The zero-order valence-electron chi connectivity index (χ0n) is 15.9. The van der Waals surface area contributed by atoms with Crippen molar-refractivity contribution in [1.82, 2.24) is 0 Å². The molecule has 1 amide bonds. The molecule has 0 spiro atoms. The number of nitrogens with one attached hydrogen (secondary N) is 1. The van der Waals surface area contributed by atoms with Crippen LogP contribution in [0.3, 0.4) is 0 Å². The van der Waals surface area contributed by atoms with E-state index in [1.165, 1.54) is 29.5 Å². The number of carbonyl (C=O) groups excluding carboxylic acids is 3. The summed E-state index contributed by atoms with van der Waals surface area (Å²) in [4.78, 5) is 36.3. The maximum Gasteiger partial charge on any atom is 0.340 e. The molecule has 1 N–H and O–H groups in total. The fourth-order valence-corrected chi connectivity index (χ4v) is 3.85. The van der Waals surface area contributed by atoms with Gasteiger partial charge in [0.15, 0.2) is 18.7 Å². The van der Waals surface area contributed by atoms with Gasteiger partial charge in [0, 0.05) is 10.4 Å². The van der Waals surface area contributed by atoms with Crippen molar-refractivity contribution in [3.05, 3.63) is 62.7 Å². The summed E-state index contributed by atoms with van der Waals surface area (Å²) in [5.74, 6) is -0.835. The van der Waals surface area contributed by atoms with Gasteiger partial charge in [-0.25, -0.2) is 4.79 Å².